The minimum Gasteiger partial charge on any atom is -0.367 e. The molecular formula is C11H9Cl2FN4. The Labute approximate surface area is 113 Å². The minimum atomic E-state index is -0.232. The zero-order valence-electron chi connectivity index (χ0n) is 9.20. The smallest absolute Gasteiger partial charge is 0.245 e. The standard InChI is InChI=1S/C11H9Cl2FN4/c12-9-10(16-11(13)18-17-9)15-6-5-7-3-1-2-4-8(7)14/h1-4H,5-6H2,(H,15,16,18). The Hall–Kier alpha value is -1.46. The van der Waals surface area contributed by atoms with Gasteiger partial charge in [0, 0.05) is 6.54 Å². The van der Waals surface area contributed by atoms with Gasteiger partial charge in [-0.05, 0) is 29.7 Å². The Morgan fingerprint density at radius 1 is 1.17 bits per heavy atom. The first-order valence-electron chi connectivity index (χ1n) is 5.20. The molecule has 94 valence electrons. The topological polar surface area (TPSA) is 50.7 Å². The second-order valence-electron chi connectivity index (χ2n) is 3.49. The summed E-state index contributed by atoms with van der Waals surface area (Å²) >= 11 is 11.4. The number of hydrogen-bond donors (Lipinski definition) is 1. The molecule has 0 unspecified atom stereocenters. The van der Waals surface area contributed by atoms with E-state index in [0.717, 1.165) is 0 Å². The molecule has 0 saturated carbocycles. The molecule has 2 aromatic rings. The lowest BCUT2D eigenvalue weighted by Gasteiger charge is -2.07. The first-order chi connectivity index (χ1) is 8.66. The van der Waals surface area contributed by atoms with Crippen molar-refractivity contribution in [1.29, 1.82) is 0 Å². The third kappa shape index (κ3) is 3.27. The molecule has 0 fully saturated rings. The highest BCUT2D eigenvalue weighted by Gasteiger charge is 2.06. The van der Waals surface area contributed by atoms with Crippen molar-refractivity contribution in [2.45, 2.75) is 6.42 Å². The molecule has 2 rings (SSSR count). The third-order valence-electron chi connectivity index (χ3n) is 2.26. The van der Waals surface area contributed by atoms with Crippen LogP contribution in [0.3, 0.4) is 0 Å². The molecule has 7 heteroatoms. The number of anilines is 1. The quantitative estimate of drug-likeness (QED) is 0.939. The fraction of sp³-hybridized carbons (Fsp3) is 0.182. The number of nitrogens with one attached hydrogen (secondary N) is 1. The Balaban J connectivity index is 1.96. The van der Waals surface area contributed by atoms with Gasteiger partial charge in [0.25, 0.3) is 0 Å². The average molecular weight is 287 g/mol. The molecule has 0 aliphatic heterocycles. The van der Waals surface area contributed by atoms with Crippen LogP contribution in [0.2, 0.25) is 10.4 Å². The van der Waals surface area contributed by atoms with Crippen LogP contribution in [0.5, 0.6) is 0 Å². The lowest BCUT2D eigenvalue weighted by Crippen LogP contribution is -2.09. The van der Waals surface area contributed by atoms with Crippen LogP contribution in [0.15, 0.2) is 24.3 Å². The molecule has 0 saturated heterocycles. The van der Waals surface area contributed by atoms with Crippen molar-refractivity contribution >= 4 is 29.0 Å². The molecule has 0 amide bonds. The normalized spacial score (nSPS) is 10.4. The van der Waals surface area contributed by atoms with Gasteiger partial charge in [-0.2, -0.15) is 4.98 Å². The first kappa shape index (κ1) is 13.0. The van der Waals surface area contributed by atoms with Gasteiger partial charge in [-0.25, -0.2) is 4.39 Å². The maximum Gasteiger partial charge on any atom is 0.245 e. The average Bonchev–Trinajstić information content (AvgIpc) is 2.36. The van der Waals surface area contributed by atoms with Crippen LogP contribution in [0.4, 0.5) is 10.2 Å². The number of nitrogens with zero attached hydrogens (tertiary/aromatic N) is 3. The third-order valence-corrected chi connectivity index (χ3v) is 2.68. The van der Waals surface area contributed by atoms with Gasteiger partial charge in [0.05, 0.1) is 0 Å². The summed E-state index contributed by atoms with van der Waals surface area (Å²) in [5.41, 5.74) is 0.620. The number of benzene rings is 1. The molecule has 0 bridgehead atoms. The van der Waals surface area contributed by atoms with E-state index in [1.165, 1.54) is 6.07 Å². The molecule has 1 aromatic carbocycles. The monoisotopic (exact) mass is 286 g/mol. The summed E-state index contributed by atoms with van der Waals surface area (Å²) in [6.45, 7) is 0.468. The van der Waals surface area contributed by atoms with Gasteiger partial charge < -0.3 is 5.32 Å². The Morgan fingerprint density at radius 2 is 1.94 bits per heavy atom. The Bertz CT molecular complexity index is 550. The molecule has 1 heterocycles. The Kier molecular flexibility index (Phi) is 4.28. The number of hydrogen-bond acceptors (Lipinski definition) is 4. The lowest BCUT2D eigenvalue weighted by molar-refractivity contribution is 0.610. The number of halogens is 3. The zero-order chi connectivity index (χ0) is 13.0. The fourth-order valence-corrected chi connectivity index (χ4v) is 1.69. The van der Waals surface area contributed by atoms with Gasteiger partial charge in [-0.15, -0.1) is 10.2 Å². The maximum atomic E-state index is 13.3. The predicted molar refractivity (Wildman–Crippen MR) is 68.4 cm³/mol. The molecule has 0 aliphatic rings. The van der Waals surface area contributed by atoms with Crippen LogP contribution in [0.25, 0.3) is 0 Å². The first-order valence-corrected chi connectivity index (χ1v) is 5.95. The summed E-state index contributed by atoms with van der Waals surface area (Å²) in [6.07, 6.45) is 0.505. The van der Waals surface area contributed by atoms with Crippen molar-refractivity contribution in [3.05, 3.63) is 46.1 Å². The SMILES string of the molecule is Fc1ccccc1CCNc1nc(Cl)nnc1Cl. The van der Waals surface area contributed by atoms with Gasteiger partial charge in [0.2, 0.25) is 5.28 Å². The van der Waals surface area contributed by atoms with Crippen LogP contribution in [-0.2, 0) is 6.42 Å². The van der Waals surface area contributed by atoms with Gasteiger partial charge in [0.1, 0.15) is 5.82 Å². The predicted octanol–water partition coefficient (Wildman–Crippen LogP) is 2.97. The van der Waals surface area contributed by atoms with E-state index in [1.54, 1.807) is 18.2 Å². The van der Waals surface area contributed by atoms with E-state index < -0.39 is 0 Å². The van der Waals surface area contributed by atoms with E-state index in [-0.39, 0.29) is 16.3 Å². The summed E-state index contributed by atoms with van der Waals surface area (Å²) in [5, 5.41) is 10.2. The van der Waals surface area contributed by atoms with Crippen LogP contribution in [0, 0.1) is 5.82 Å². The second-order valence-corrected chi connectivity index (χ2v) is 4.18. The second kappa shape index (κ2) is 5.93. The summed E-state index contributed by atoms with van der Waals surface area (Å²) in [6, 6.07) is 6.58. The largest absolute Gasteiger partial charge is 0.367 e. The maximum absolute atomic E-state index is 13.3. The van der Waals surface area contributed by atoms with E-state index in [0.29, 0.717) is 24.3 Å². The molecule has 18 heavy (non-hydrogen) atoms. The van der Waals surface area contributed by atoms with Crippen molar-refractivity contribution in [3.63, 3.8) is 0 Å². The number of rotatable bonds is 4. The number of aromatic nitrogens is 3. The van der Waals surface area contributed by atoms with Gasteiger partial charge >= 0.3 is 0 Å². The molecule has 1 N–H and O–H groups in total. The summed E-state index contributed by atoms with van der Waals surface area (Å²) < 4.78 is 13.3. The molecular weight excluding hydrogens is 278 g/mol. The van der Waals surface area contributed by atoms with Crippen molar-refractivity contribution < 1.29 is 4.39 Å². The molecule has 0 aliphatic carbocycles. The molecule has 0 radical (unpaired) electrons. The minimum absolute atomic E-state index is 0.00721. The van der Waals surface area contributed by atoms with E-state index in [4.69, 9.17) is 23.2 Å². The summed E-state index contributed by atoms with van der Waals surface area (Å²) in [5.74, 6) is 0.109. The van der Waals surface area contributed by atoms with Gasteiger partial charge in [0.15, 0.2) is 11.0 Å². The van der Waals surface area contributed by atoms with E-state index >= 15 is 0 Å². The Morgan fingerprint density at radius 3 is 2.72 bits per heavy atom. The van der Waals surface area contributed by atoms with Crippen molar-refractivity contribution in [2.24, 2.45) is 0 Å². The van der Waals surface area contributed by atoms with Crippen LogP contribution in [0.1, 0.15) is 5.56 Å². The van der Waals surface area contributed by atoms with Gasteiger partial charge in [-0.1, -0.05) is 29.8 Å². The molecule has 0 atom stereocenters. The zero-order valence-corrected chi connectivity index (χ0v) is 10.7. The van der Waals surface area contributed by atoms with Crippen LogP contribution >= 0.6 is 23.2 Å². The fourth-order valence-electron chi connectivity index (χ4n) is 1.42. The van der Waals surface area contributed by atoms with Crippen LogP contribution < -0.4 is 5.32 Å². The van der Waals surface area contributed by atoms with Crippen molar-refractivity contribution in [3.8, 4) is 0 Å². The molecule has 4 nitrogen and oxygen atoms in total. The van der Waals surface area contributed by atoms with E-state index in [9.17, 15) is 4.39 Å². The highest BCUT2D eigenvalue weighted by Crippen LogP contribution is 2.16. The van der Waals surface area contributed by atoms with E-state index in [2.05, 4.69) is 20.5 Å². The highest BCUT2D eigenvalue weighted by molar-refractivity contribution is 6.32. The summed E-state index contributed by atoms with van der Waals surface area (Å²) in [4.78, 5) is 3.88. The lowest BCUT2D eigenvalue weighted by atomic mass is 10.1. The van der Waals surface area contributed by atoms with Crippen LogP contribution in [-0.4, -0.2) is 21.7 Å². The molecule has 0 spiro atoms. The van der Waals surface area contributed by atoms with Gasteiger partial charge in [-0.3, -0.25) is 0 Å². The van der Waals surface area contributed by atoms with Crippen molar-refractivity contribution in [2.75, 3.05) is 11.9 Å². The van der Waals surface area contributed by atoms with E-state index in [1.807, 2.05) is 0 Å². The summed E-state index contributed by atoms with van der Waals surface area (Å²) in [7, 11) is 0. The highest BCUT2D eigenvalue weighted by atomic mass is 35.5. The van der Waals surface area contributed by atoms with Crippen molar-refractivity contribution in [1.82, 2.24) is 15.2 Å². The molecule has 1 aromatic heterocycles.